The predicted molar refractivity (Wildman–Crippen MR) is 81.5 cm³/mol. The summed E-state index contributed by atoms with van der Waals surface area (Å²) < 4.78 is 18.2. The van der Waals surface area contributed by atoms with Gasteiger partial charge in [-0.1, -0.05) is 12.2 Å². The van der Waals surface area contributed by atoms with E-state index >= 15 is 0 Å². The van der Waals surface area contributed by atoms with Gasteiger partial charge in [-0.05, 0) is 43.3 Å². The van der Waals surface area contributed by atoms with E-state index in [1.807, 2.05) is 19.1 Å². The minimum absolute atomic E-state index is 0.264. The highest BCUT2D eigenvalue weighted by Crippen LogP contribution is 2.17. The van der Waals surface area contributed by atoms with Crippen molar-refractivity contribution in [3.8, 4) is 11.3 Å². The Balaban J connectivity index is 1.84. The van der Waals surface area contributed by atoms with E-state index in [0.29, 0.717) is 31.3 Å². The second-order valence-corrected chi connectivity index (χ2v) is 4.75. The summed E-state index contributed by atoms with van der Waals surface area (Å²) in [5.74, 6) is 0.416. The van der Waals surface area contributed by atoms with E-state index in [2.05, 4.69) is 22.1 Å². The highest BCUT2D eigenvalue weighted by molar-refractivity contribution is 5.59. The fourth-order valence-electron chi connectivity index (χ4n) is 1.70. The van der Waals surface area contributed by atoms with Crippen LogP contribution >= 0.6 is 0 Å². The number of benzene rings is 1. The summed E-state index contributed by atoms with van der Waals surface area (Å²) >= 11 is 0. The monoisotopic (exact) mass is 287 g/mol. The van der Waals surface area contributed by atoms with Crippen LogP contribution in [0.3, 0.4) is 0 Å². The molecule has 1 heterocycles. The van der Waals surface area contributed by atoms with E-state index in [0.717, 1.165) is 11.1 Å². The molecule has 0 radical (unpaired) electrons. The van der Waals surface area contributed by atoms with Crippen molar-refractivity contribution in [3.05, 3.63) is 54.4 Å². The summed E-state index contributed by atoms with van der Waals surface area (Å²) in [4.78, 5) is 0. The largest absolute Gasteiger partial charge is 0.375 e. The standard InChI is InChI=1S/C16H18FN3O/c1-12(2)11-21-10-9-18-16-8-7-15(19-20-16)13-3-5-14(17)6-4-13/h3-8H,1,9-11H2,2H3,(H,18,20). The summed E-state index contributed by atoms with van der Waals surface area (Å²) in [5.41, 5.74) is 2.54. The van der Waals surface area contributed by atoms with Crippen molar-refractivity contribution in [2.75, 3.05) is 25.1 Å². The number of nitrogens with zero attached hydrogens (tertiary/aromatic N) is 2. The molecular formula is C16H18FN3O. The van der Waals surface area contributed by atoms with E-state index in [1.165, 1.54) is 12.1 Å². The Morgan fingerprint density at radius 1 is 1.19 bits per heavy atom. The second kappa shape index (κ2) is 7.50. The van der Waals surface area contributed by atoms with Gasteiger partial charge in [-0.15, -0.1) is 10.2 Å². The summed E-state index contributed by atoms with van der Waals surface area (Å²) in [6, 6.07) is 9.85. The molecule has 0 bridgehead atoms. The third-order valence-corrected chi connectivity index (χ3v) is 2.71. The van der Waals surface area contributed by atoms with Crippen LogP contribution in [-0.4, -0.2) is 30.0 Å². The van der Waals surface area contributed by atoms with Crippen LogP contribution in [0.25, 0.3) is 11.3 Å². The number of aromatic nitrogens is 2. The van der Waals surface area contributed by atoms with Crippen LogP contribution in [-0.2, 0) is 4.74 Å². The minimum Gasteiger partial charge on any atom is -0.375 e. The molecule has 0 unspecified atom stereocenters. The van der Waals surface area contributed by atoms with Gasteiger partial charge >= 0.3 is 0 Å². The van der Waals surface area contributed by atoms with Crippen molar-refractivity contribution in [1.29, 1.82) is 0 Å². The lowest BCUT2D eigenvalue weighted by Crippen LogP contribution is -2.11. The molecule has 0 fully saturated rings. The maximum atomic E-state index is 12.9. The van der Waals surface area contributed by atoms with Gasteiger partial charge in [0.1, 0.15) is 11.6 Å². The molecule has 0 aliphatic rings. The van der Waals surface area contributed by atoms with E-state index in [1.54, 1.807) is 12.1 Å². The Morgan fingerprint density at radius 2 is 1.95 bits per heavy atom. The summed E-state index contributed by atoms with van der Waals surface area (Å²) in [7, 11) is 0. The number of anilines is 1. The Kier molecular flexibility index (Phi) is 5.40. The van der Waals surface area contributed by atoms with Crippen LogP contribution in [0, 0.1) is 5.82 Å². The molecule has 0 amide bonds. The van der Waals surface area contributed by atoms with Crippen LogP contribution in [0.1, 0.15) is 6.92 Å². The highest BCUT2D eigenvalue weighted by Gasteiger charge is 2.01. The Morgan fingerprint density at radius 3 is 2.57 bits per heavy atom. The first-order valence-electron chi connectivity index (χ1n) is 6.71. The van der Waals surface area contributed by atoms with E-state index in [9.17, 15) is 4.39 Å². The van der Waals surface area contributed by atoms with Crippen molar-refractivity contribution in [3.63, 3.8) is 0 Å². The van der Waals surface area contributed by atoms with Gasteiger partial charge in [0.15, 0.2) is 0 Å². The van der Waals surface area contributed by atoms with Crippen LogP contribution in [0.5, 0.6) is 0 Å². The maximum absolute atomic E-state index is 12.9. The van der Waals surface area contributed by atoms with Gasteiger partial charge in [-0.2, -0.15) is 0 Å². The molecule has 1 aromatic carbocycles. The SMILES string of the molecule is C=C(C)COCCNc1ccc(-c2ccc(F)cc2)nn1. The van der Waals surface area contributed by atoms with Gasteiger partial charge in [-0.25, -0.2) is 4.39 Å². The smallest absolute Gasteiger partial charge is 0.148 e. The topological polar surface area (TPSA) is 47.0 Å². The van der Waals surface area contributed by atoms with E-state index in [4.69, 9.17) is 4.74 Å². The molecule has 1 aromatic heterocycles. The number of ether oxygens (including phenoxy) is 1. The Labute approximate surface area is 123 Å². The van der Waals surface area contributed by atoms with Gasteiger partial charge < -0.3 is 10.1 Å². The molecule has 110 valence electrons. The molecule has 0 aliphatic heterocycles. The number of halogens is 1. The fraction of sp³-hybridized carbons (Fsp3) is 0.250. The van der Waals surface area contributed by atoms with Gasteiger partial charge in [0, 0.05) is 12.1 Å². The van der Waals surface area contributed by atoms with Crippen LogP contribution in [0.4, 0.5) is 10.2 Å². The third kappa shape index (κ3) is 4.96. The van der Waals surface area contributed by atoms with Crippen molar-refractivity contribution in [2.24, 2.45) is 0 Å². The molecule has 2 rings (SSSR count). The van der Waals surface area contributed by atoms with Gasteiger partial charge in [-0.3, -0.25) is 0 Å². The van der Waals surface area contributed by atoms with Crippen molar-refractivity contribution >= 4 is 5.82 Å². The first-order valence-corrected chi connectivity index (χ1v) is 6.71. The molecule has 0 atom stereocenters. The predicted octanol–water partition coefficient (Wildman–Crippen LogP) is 3.29. The highest BCUT2D eigenvalue weighted by atomic mass is 19.1. The molecule has 0 aliphatic carbocycles. The Hall–Kier alpha value is -2.27. The van der Waals surface area contributed by atoms with Crippen LogP contribution < -0.4 is 5.32 Å². The summed E-state index contributed by atoms with van der Waals surface area (Å²) in [6.07, 6.45) is 0. The van der Waals surface area contributed by atoms with E-state index < -0.39 is 0 Å². The quantitative estimate of drug-likeness (QED) is 0.627. The van der Waals surface area contributed by atoms with Gasteiger partial charge in [0.25, 0.3) is 0 Å². The molecule has 4 nitrogen and oxygen atoms in total. The Bertz CT molecular complexity index is 581. The molecule has 0 saturated heterocycles. The number of nitrogens with one attached hydrogen (secondary N) is 1. The molecule has 2 aromatic rings. The van der Waals surface area contributed by atoms with Crippen molar-refractivity contribution in [2.45, 2.75) is 6.92 Å². The van der Waals surface area contributed by atoms with Crippen molar-refractivity contribution < 1.29 is 9.13 Å². The average Bonchev–Trinajstić information content (AvgIpc) is 2.48. The van der Waals surface area contributed by atoms with Crippen LogP contribution in [0.15, 0.2) is 48.6 Å². The zero-order valence-electron chi connectivity index (χ0n) is 12.0. The van der Waals surface area contributed by atoms with Crippen LogP contribution in [0.2, 0.25) is 0 Å². The summed E-state index contributed by atoms with van der Waals surface area (Å²) in [5, 5.41) is 11.3. The number of hydrogen-bond acceptors (Lipinski definition) is 4. The van der Waals surface area contributed by atoms with Gasteiger partial charge in [0.2, 0.25) is 0 Å². The zero-order valence-corrected chi connectivity index (χ0v) is 12.0. The lowest BCUT2D eigenvalue weighted by atomic mass is 10.1. The van der Waals surface area contributed by atoms with Gasteiger partial charge in [0.05, 0.1) is 18.9 Å². The van der Waals surface area contributed by atoms with Crippen molar-refractivity contribution in [1.82, 2.24) is 10.2 Å². The number of rotatable bonds is 7. The average molecular weight is 287 g/mol. The molecule has 21 heavy (non-hydrogen) atoms. The second-order valence-electron chi connectivity index (χ2n) is 4.75. The molecular weight excluding hydrogens is 269 g/mol. The third-order valence-electron chi connectivity index (χ3n) is 2.71. The summed E-state index contributed by atoms with van der Waals surface area (Å²) in [6.45, 7) is 7.48. The van der Waals surface area contributed by atoms with E-state index in [-0.39, 0.29) is 5.82 Å². The lowest BCUT2D eigenvalue weighted by molar-refractivity contribution is 0.167. The molecule has 1 N–H and O–H groups in total. The molecule has 0 saturated carbocycles. The molecule has 0 spiro atoms. The normalized spacial score (nSPS) is 10.4. The maximum Gasteiger partial charge on any atom is 0.148 e. The first-order chi connectivity index (χ1) is 10.1. The first kappa shape index (κ1) is 15.1. The zero-order chi connectivity index (χ0) is 15.1. The fourth-order valence-corrected chi connectivity index (χ4v) is 1.70. The number of hydrogen-bond donors (Lipinski definition) is 1. The lowest BCUT2D eigenvalue weighted by Gasteiger charge is -2.07. The molecule has 5 heteroatoms. The minimum atomic E-state index is -0.264.